The first-order valence-corrected chi connectivity index (χ1v) is 10.9. The molecule has 0 aliphatic heterocycles. The van der Waals surface area contributed by atoms with E-state index in [-0.39, 0.29) is 37.6 Å². The molecule has 3 aromatic rings. The van der Waals surface area contributed by atoms with E-state index in [4.69, 9.17) is 9.47 Å². The summed E-state index contributed by atoms with van der Waals surface area (Å²) >= 11 is 0. The molecule has 0 spiro atoms. The maximum Gasteiger partial charge on any atom is 0.407 e. The SMILES string of the molecule is CC(CCC(=O)OCc1ccccc1)NC(=O)OCC1c2ccccc2-c2ccccc21. The van der Waals surface area contributed by atoms with Gasteiger partial charge in [-0.1, -0.05) is 78.9 Å². The highest BCUT2D eigenvalue weighted by molar-refractivity contribution is 5.79. The van der Waals surface area contributed by atoms with Gasteiger partial charge in [-0.05, 0) is 41.2 Å². The van der Waals surface area contributed by atoms with Crippen molar-refractivity contribution >= 4 is 12.1 Å². The van der Waals surface area contributed by atoms with Gasteiger partial charge in [0.1, 0.15) is 13.2 Å². The summed E-state index contributed by atoms with van der Waals surface area (Å²) in [6.07, 6.45) is 0.243. The van der Waals surface area contributed by atoms with Crippen LogP contribution in [0, 0.1) is 0 Å². The van der Waals surface area contributed by atoms with Crippen molar-refractivity contribution in [1.29, 1.82) is 0 Å². The van der Waals surface area contributed by atoms with Gasteiger partial charge in [-0.3, -0.25) is 4.79 Å². The van der Waals surface area contributed by atoms with Gasteiger partial charge in [-0.25, -0.2) is 4.79 Å². The van der Waals surface area contributed by atoms with Crippen LogP contribution >= 0.6 is 0 Å². The molecule has 3 aromatic carbocycles. The second-order valence-corrected chi connectivity index (χ2v) is 8.06. The Labute approximate surface area is 188 Å². The molecular weight excluding hydrogens is 402 g/mol. The summed E-state index contributed by atoms with van der Waals surface area (Å²) in [6.45, 7) is 2.38. The molecule has 1 unspecified atom stereocenters. The quantitative estimate of drug-likeness (QED) is 0.485. The van der Waals surface area contributed by atoms with Gasteiger partial charge < -0.3 is 14.8 Å². The Kier molecular flexibility index (Phi) is 6.85. The minimum Gasteiger partial charge on any atom is -0.461 e. The van der Waals surface area contributed by atoms with Gasteiger partial charge in [0.25, 0.3) is 0 Å². The summed E-state index contributed by atoms with van der Waals surface area (Å²) in [5.74, 6) is -0.258. The van der Waals surface area contributed by atoms with Crippen molar-refractivity contribution < 1.29 is 19.1 Å². The molecule has 1 N–H and O–H groups in total. The molecule has 5 nitrogen and oxygen atoms in total. The van der Waals surface area contributed by atoms with Crippen LogP contribution in [0.3, 0.4) is 0 Å². The molecule has 32 heavy (non-hydrogen) atoms. The molecule has 1 amide bonds. The first-order valence-electron chi connectivity index (χ1n) is 10.9. The molecule has 0 radical (unpaired) electrons. The largest absolute Gasteiger partial charge is 0.461 e. The molecule has 164 valence electrons. The monoisotopic (exact) mass is 429 g/mol. The molecular formula is C27H27NO4. The van der Waals surface area contributed by atoms with Crippen molar-refractivity contribution in [1.82, 2.24) is 5.32 Å². The van der Waals surface area contributed by atoms with E-state index in [2.05, 4.69) is 29.6 Å². The fraction of sp³-hybridized carbons (Fsp3) is 0.259. The predicted octanol–water partition coefficient (Wildman–Crippen LogP) is 5.44. The highest BCUT2D eigenvalue weighted by Gasteiger charge is 2.29. The Morgan fingerprint density at radius 1 is 0.844 bits per heavy atom. The van der Waals surface area contributed by atoms with E-state index in [1.165, 1.54) is 22.3 Å². The van der Waals surface area contributed by atoms with Crippen LogP contribution in [0.2, 0.25) is 0 Å². The van der Waals surface area contributed by atoms with Gasteiger partial charge in [-0.15, -0.1) is 0 Å². The van der Waals surface area contributed by atoms with Crippen molar-refractivity contribution in [2.75, 3.05) is 6.61 Å². The van der Waals surface area contributed by atoms with Crippen LogP contribution in [0.5, 0.6) is 0 Å². The number of carbonyl (C=O) groups excluding carboxylic acids is 2. The van der Waals surface area contributed by atoms with Crippen molar-refractivity contribution in [3.05, 3.63) is 95.6 Å². The normalized spacial score (nSPS) is 13.0. The second kappa shape index (κ2) is 10.1. The molecule has 0 heterocycles. The minimum atomic E-state index is -0.475. The van der Waals surface area contributed by atoms with Gasteiger partial charge in [0.15, 0.2) is 0 Å². The predicted molar refractivity (Wildman–Crippen MR) is 123 cm³/mol. The number of hydrogen-bond donors (Lipinski definition) is 1. The third kappa shape index (κ3) is 5.17. The Morgan fingerprint density at radius 3 is 2.09 bits per heavy atom. The Hall–Kier alpha value is -3.60. The summed E-state index contributed by atoms with van der Waals surface area (Å²) in [6, 6.07) is 25.8. The smallest absolute Gasteiger partial charge is 0.407 e. The fourth-order valence-corrected chi connectivity index (χ4v) is 4.06. The number of alkyl carbamates (subject to hydrolysis) is 1. The van der Waals surface area contributed by atoms with E-state index in [1.54, 1.807) is 0 Å². The van der Waals surface area contributed by atoms with Crippen LogP contribution in [0.4, 0.5) is 4.79 Å². The van der Waals surface area contributed by atoms with Crippen molar-refractivity contribution in [3.63, 3.8) is 0 Å². The Bertz CT molecular complexity index is 1030. The fourth-order valence-electron chi connectivity index (χ4n) is 4.06. The van der Waals surface area contributed by atoms with Crippen LogP contribution in [-0.2, 0) is 20.9 Å². The molecule has 1 aliphatic rings. The van der Waals surface area contributed by atoms with Crippen LogP contribution < -0.4 is 5.32 Å². The number of nitrogens with one attached hydrogen (secondary N) is 1. The van der Waals surface area contributed by atoms with E-state index >= 15 is 0 Å². The molecule has 0 bridgehead atoms. The van der Waals surface area contributed by atoms with Gasteiger partial charge in [-0.2, -0.15) is 0 Å². The lowest BCUT2D eigenvalue weighted by atomic mass is 9.98. The average molecular weight is 430 g/mol. The first-order chi connectivity index (χ1) is 15.6. The molecule has 0 saturated carbocycles. The molecule has 0 fully saturated rings. The van der Waals surface area contributed by atoms with Gasteiger partial charge in [0.2, 0.25) is 0 Å². The topological polar surface area (TPSA) is 64.6 Å². The maximum atomic E-state index is 12.3. The van der Waals surface area contributed by atoms with Crippen LogP contribution in [0.15, 0.2) is 78.9 Å². The van der Waals surface area contributed by atoms with Crippen molar-refractivity contribution in [2.24, 2.45) is 0 Å². The summed E-state index contributed by atoms with van der Waals surface area (Å²) in [7, 11) is 0. The lowest BCUT2D eigenvalue weighted by Crippen LogP contribution is -2.34. The summed E-state index contributed by atoms with van der Waals surface area (Å²) < 4.78 is 10.8. The van der Waals surface area contributed by atoms with Gasteiger partial charge in [0.05, 0.1) is 0 Å². The Balaban J connectivity index is 1.22. The van der Waals surface area contributed by atoms with E-state index in [0.717, 1.165) is 5.56 Å². The number of benzene rings is 3. The number of ether oxygens (including phenoxy) is 2. The minimum absolute atomic E-state index is 0.0245. The standard InChI is InChI=1S/C27H27NO4/c1-19(15-16-26(29)31-17-20-9-3-2-4-10-20)28-27(30)32-18-25-23-13-7-5-11-21(23)22-12-6-8-14-24(22)25/h2-14,19,25H,15-18H2,1H3,(H,28,30). The second-order valence-electron chi connectivity index (χ2n) is 8.06. The molecule has 0 aromatic heterocycles. The van der Waals surface area contributed by atoms with Gasteiger partial charge in [0, 0.05) is 18.4 Å². The molecule has 1 atom stereocenters. The number of carbonyl (C=O) groups is 2. The highest BCUT2D eigenvalue weighted by atomic mass is 16.5. The number of amides is 1. The first kappa shape index (κ1) is 21.6. The number of rotatable bonds is 8. The van der Waals surface area contributed by atoms with Gasteiger partial charge >= 0.3 is 12.1 Å². The number of fused-ring (bicyclic) bond motifs is 3. The van der Waals surface area contributed by atoms with Crippen LogP contribution in [0.25, 0.3) is 11.1 Å². The number of hydrogen-bond acceptors (Lipinski definition) is 4. The van der Waals surface area contributed by atoms with Crippen molar-refractivity contribution in [3.8, 4) is 11.1 Å². The van der Waals surface area contributed by atoms with Crippen LogP contribution in [0.1, 0.15) is 42.4 Å². The third-order valence-electron chi connectivity index (χ3n) is 5.73. The van der Waals surface area contributed by atoms with E-state index < -0.39 is 6.09 Å². The summed E-state index contributed by atoms with van der Waals surface area (Å²) in [5.41, 5.74) is 5.69. The highest BCUT2D eigenvalue weighted by Crippen LogP contribution is 2.44. The van der Waals surface area contributed by atoms with Crippen LogP contribution in [-0.4, -0.2) is 24.7 Å². The van der Waals surface area contributed by atoms with Crippen molar-refractivity contribution in [2.45, 2.75) is 38.3 Å². The van der Waals surface area contributed by atoms with E-state index in [1.807, 2.05) is 61.5 Å². The number of esters is 1. The molecule has 5 heteroatoms. The zero-order valence-corrected chi connectivity index (χ0v) is 18.1. The average Bonchev–Trinajstić information content (AvgIpc) is 3.14. The zero-order valence-electron chi connectivity index (χ0n) is 18.1. The molecule has 1 aliphatic carbocycles. The molecule has 4 rings (SSSR count). The lowest BCUT2D eigenvalue weighted by molar-refractivity contribution is -0.145. The van der Waals surface area contributed by atoms with E-state index in [9.17, 15) is 9.59 Å². The maximum absolute atomic E-state index is 12.3. The third-order valence-corrected chi connectivity index (χ3v) is 5.73. The summed E-state index contributed by atoms with van der Waals surface area (Å²) in [5, 5.41) is 2.81. The lowest BCUT2D eigenvalue weighted by Gasteiger charge is -2.17. The Morgan fingerprint density at radius 2 is 1.44 bits per heavy atom. The van der Waals surface area contributed by atoms with E-state index in [0.29, 0.717) is 6.42 Å². The molecule has 0 saturated heterocycles. The summed E-state index contributed by atoms with van der Waals surface area (Å²) in [4.78, 5) is 24.3. The zero-order chi connectivity index (χ0) is 22.3.